The van der Waals surface area contributed by atoms with Gasteiger partial charge in [-0.1, -0.05) is 38.1 Å². The Morgan fingerprint density at radius 3 is 2.56 bits per heavy atom. The summed E-state index contributed by atoms with van der Waals surface area (Å²) in [7, 11) is 0. The highest BCUT2D eigenvalue weighted by Gasteiger charge is 2.45. The SMILES string of the molecule is CC/N=C1/C=C2OC3C=C(NCC)C(C)=CC3C(c3ccc(C(C)C)cc3C(=O)O)C2C=C1C. The number of aliphatic imine (C=N–C) groups is 1. The summed E-state index contributed by atoms with van der Waals surface area (Å²) in [6.07, 6.45) is 8.54. The molecule has 1 fully saturated rings. The number of hydrogen-bond acceptors (Lipinski definition) is 4. The summed E-state index contributed by atoms with van der Waals surface area (Å²) in [5.41, 5.74) is 6.61. The lowest BCUT2D eigenvalue weighted by atomic mass is 9.66. The van der Waals surface area contributed by atoms with Gasteiger partial charge in [0.1, 0.15) is 11.9 Å². The number of carboxylic acids is 1. The van der Waals surface area contributed by atoms with Crippen LogP contribution in [0.4, 0.5) is 0 Å². The van der Waals surface area contributed by atoms with Crippen LogP contribution < -0.4 is 5.32 Å². The molecule has 0 spiro atoms. The van der Waals surface area contributed by atoms with E-state index < -0.39 is 5.97 Å². The average Bonchev–Trinajstić information content (AvgIpc) is 2.79. The number of nitrogens with one attached hydrogen (secondary N) is 1. The Hall–Kier alpha value is -3.08. The van der Waals surface area contributed by atoms with Gasteiger partial charge in [0.15, 0.2) is 0 Å². The third-order valence-electron chi connectivity index (χ3n) is 7.12. The lowest BCUT2D eigenvalue weighted by molar-refractivity contribution is 0.0390. The van der Waals surface area contributed by atoms with Gasteiger partial charge in [-0.3, -0.25) is 4.99 Å². The summed E-state index contributed by atoms with van der Waals surface area (Å²) in [4.78, 5) is 17.1. The Labute approximate surface area is 203 Å². The average molecular weight is 461 g/mol. The zero-order valence-corrected chi connectivity index (χ0v) is 21.1. The van der Waals surface area contributed by atoms with Crippen LogP contribution in [0.2, 0.25) is 0 Å². The number of nitrogens with zero attached hydrogens (tertiary/aromatic N) is 1. The summed E-state index contributed by atoms with van der Waals surface area (Å²) in [6.45, 7) is 14.0. The molecular formula is C29H36N2O3. The van der Waals surface area contributed by atoms with Crippen LogP contribution in [0.5, 0.6) is 0 Å². The second kappa shape index (κ2) is 9.65. The van der Waals surface area contributed by atoms with Crippen molar-refractivity contribution in [2.45, 2.75) is 59.5 Å². The lowest BCUT2D eigenvalue weighted by Gasteiger charge is -2.45. The largest absolute Gasteiger partial charge is 0.489 e. The van der Waals surface area contributed by atoms with E-state index in [2.05, 4.69) is 75.3 Å². The number of likely N-dealkylation sites (N-methyl/N-ethyl adjacent to an activating group) is 1. The van der Waals surface area contributed by atoms with E-state index in [1.165, 1.54) is 5.57 Å². The second-order valence-corrected chi connectivity index (χ2v) is 9.73. The molecule has 4 atom stereocenters. The first-order valence-electron chi connectivity index (χ1n) is 12.4. The maximum atomic E-state index is 12.4. The number of ether oxygens (including phenoxy) is 1. The second-order valence-electron chi connectivity index (χ2n) is 9.73. The molecule has 0 bridgehead atoms. The third kappa shape index (κ3) is 4.36. The van der Waals surface area contributed by atoms with Crippen LogP contribution in [0.15, 0.2) is 70.1 Å². The molecule has 1 heterocycles. The maximum Gasteiger partial charge on any atom is 0.335 e. The zero-order valence-electron chi connectivity index (χ0n) is 21.1. The number of aromatic carboxylic acids is 1. The summed E-state index contributed by atoms with van der Waals surface area (Å²) in [5.74, 6) is 0.186. The predicted molar refractivity (Wildman–Crippen MR) is 137 cm³/mol. The smallest absolute Gasteiger partial charge is 0.335 e. The Bertz CT molecular complexity index is 1140. The third-order valence-corrected chi connectivity index (χ3v) is 7.12. The molecule has 4 rings (SSSR count). The van der Waals surface area contributed by atoms with Crippen molar-refractivity contribution in [1.29, 1.82) is 0 Å². The van der Waals surface area contributed by atoms with Crippen LogP contribution in [0.3, 0.4) is 0 Å². The van der Waals surface area contributed by atoms with Gasteiger partial charge in [-0.05, 0) is 68.0 Å². The fraction of sp³-hybridized carbons (Fsp3) is 0.448. The van der Waals surface area contributed by atoms with E-state index in [1.807, 2.05) is 19.1 Å². The molecule has 2 aliphatic carbocycles. The molecule has 34 heavy (non-hydrogen) atoms. The number of hydrogen-bond donors (Lipinski definition) is 2. The number of benzene rings is 1. The minimum absolute atomic E-state index is 0.0290. The van der Waals surface area contributed by atoms with Crippen LogP contribution in [0, 0.1) is 11.8 Å². The number of allylic oxidation sites excluding steroid dienone is 4. The molecule has 1 aromatic rings. The van der Waals surface area contributed by atoms with Crippen molar-refractivity contribution < 1.29 is 14.6 Å². The molecule has 2 N–H and O–H groups in total. The van der Waals surface area contributed by atoms with Crippen LogP contribution >= 0.6 is 0 Å². The van der Waals surface area contributed by atoms with Crippen molar-refractivity contribution in [3.05, 3.63) is 81.8 Å². The van der Waals surface area contributed by atoms with E-state index in [0.717, 1.165) is 40.4 Å². The molecular weight excluding hydrogens is 424 g/mol. The van der Waals surface area contributed by atoms with Crippen molar-refractivity contribution in [3.63, 3.8) is 0 Å². The molecule has 4 unspecified atom stereocenters. The summed E-state index contributed by atoms with van der Waals surface area (Å²) >= 11 is 0. The maximum absolute atomic E-state index is 12.4. The van der Waals surface area contributed by atoms with Crippen molar-refractivity contribution in [3.8, 4) is 0 Å². The highest BCUT2D eigenvalue weighted by atomic mass is 16.5. The quantitative estimate of drug-likeness (QED) is 0.548. The topological polar surface area (TPSA) is 70.9 Å². The van der Waals surface area contributed by atoms with E-state index in [-0.39, 0.29) is 29.8 Å². The monoisotopic (exact) mass is 460 g/mol. The van der Waals surface area contributed by atoms with Crippen molar-refractivity contribution in [2.24, 2.45) is 16.8 Å². The summed E-state index contributed by atoms with van der Waals surface area (Å²) < 4.78 is 6.59. The molecule has 1 aliphatic heterocycles. The highest BCUT2D eigenvalue weighted by molar-refractivity contribution is 6.09. The van der Waals surface area contributed by atoms with Gasteiger partial charge in [0.05, 0.1) is 11.3 Å². The van der Waals surface area contributed by atoms with Crippen LogP contribution in [0.1, 0.15) is 74.9 Å². The van der Waals surface area contributed by atoms with Gasteiger partial charge in [0.2, 0.25) is 0 Å². The number of carboxylic acid groups (broad SMARTS) is 1. The Morgan fingerprint density at radius 1 is 1.15 bits per heavy atom. The van der Waals surface area contributed by atoms with Gasteiger partial charge in [0.25, 0.3) is 0 Å². The van der Waals surface area contributed by atoms with E-state index in [4.69, 9.17) is 4.74 Å². The molecule has 1 saturated heterocycles. The first-order chi connectivity index (χ1) is 16.2. The first kappa shape index (κ1) is 24.1. The van der Waals surface area contributed by atoms with Crippen molar-refractivity contribution >= 4 is 11.7 Å². The van der Waals surface area contributed by atoms with Gasteiger partial charge in [-0.25, -0.2) is 4.79 Å². The fourth-order valence-corrected chi connectivity index (χ4v) is 5.41. The lowest BCUT2D eigenvalue weighted by Crippen LogP contribution is -2.41. The minimum atomic E-state index is -0.879. The predicted octanol–water partition coefficient (Wildman–Crippen LogP) is 5.98. The van der Waals surface area contributed by atoms with Gasteiger partial charge < -0.3 is 15.2 Å². The standard InChI is InChI=1S/C29H36N2O3/c1-7-30-24-14-26-22(11-17(24)5)28(20-10-9-19(16(3)4)13-21(20)29(32)33)23-12-18(6)25(31-8-2)15-27(23)34-26/h9-16,22-23,26,28,30H,7-8H2,1-6H3,(H,32,33)/b31-25-. The molecule has 0 aromatic heterocycles. The molecule has 1 aromatic carbocycles. The van der Waals surface area contributed by atoms with Gasteiger partial charge in [-0.15, -0.1) is 0 Å². The summed E-state index contributed by atoms with van der Waals surface area (Å²) in [5, 5.41) is 13.6. The highest BCUT2D eigenvalue weighted by Crippen LogP contribution is 2.50. The van der Waals surface area contributed by atoms with E-state index in [1.54, 1.807) is 0 Å². The van der Waals surface area contributed by atoms with Crippen molar-refractivity contribution in [2.75, 3.05) is 13.1 Å². The Balaban J connectivity index is 1.90. The molecule has 5 nitrogen and oxygen atoms in total. The molecule has 5 heteroatoms. The summed E-state index contributed by atoms with van der Waals surface area (Å²) in [6, 6.07) is 5.98. The number of rotatable bonds is 6. The normalized spacial score (nSPS) is 27.1. The van der Waals surface area contributed by atoms with Gasteiger partial charge in [-0.2, -0.15) is 0 Å². The van der Waals surface area contributed by atoms with Crippen LogP contribution in [-0.4, -0.2) is 36.0 Å². The molecule has 0 radical (unpaired) electrons. The van der Waals surface area contributed by atoms with E-state index in [9.17, 15) is 9.90 Å². The Kier molecular flexibility index (Phi) is 6.83. The molecule has 180 valence electrons. The number of fused-ring (bicyclic) bond motifs is 2. The zero-order chi connectivity index (χ0) is 24.6. The van der Waals surface area contributed by atoms with Crippen molar-refractivity contribution in [1.82, 2.24) is 5.32 Å². The van der Waals surface area contributed by atoms with Gasteiger partial charge >= 0.3 is 5.97 Å². The molecule has 0 saturated carbocycles. The first-order valence-corrected chi connectivity index (χ1v) is 12.4. The minimum Gasteiger partial charge on any atom is -0.489 e. The van der Waals surface area contributed by atoms with Crippen LogP contribution in [0.25, 0.3) is 0 Å². The molecule has 3 aliphatic rings. The Morgan fingerprint density at radius 2 is 1.91 bits per heavy atom. The number of carbonyl (C=O) groups is 1. The van der Waals surface area contributed by atoms with E-state index in [0.29, 0.717) is 12.1 Å². The molecule has 0 amide bonds. The fourth-order valence-electron chi connectivity index (χ4n) is 5.41. The van der Waals surface area contributed by atoms with E-state index >= 15 is 0 Å². The van der Waals surface area contributed by atoms with Gasteiger partial charge in [0, 0.05) is 42.6 Å². The van der Waals surface area contributed by atoms with Crippen LogP contribution in [-0.2, 0) is 4.74 Å².